The van der Waals surface area contributed by atoms with Gasteiger partial charge >= 0.3 is 11.8 Å². The molecule has 33 heavy (non-hydrogen) atoms. The molecule has 0 aliphatic heterocycles. The molecule has 1 amide bonds. The number of nitrogens with two attached hydrogens (primary N) is 1. The second kappa shape index (κ2) is 8.18. The van der Waals surface area contributed by atoms with E-state index >= 15 is 0 Å². The van der Waals surface area contributed by atoms with E-state index in [0.29, 0.717) is 41.6 Å². The number of carbonyl (C=O) groups excluding carboxylic acids is 1. The Balaban J connectivity index is 1.67. The predicted molar refractivity (Wildman–Crippen MR) is 116 cm³/mol. The number of aryl methyl sites for hydroxylation is 2. The van der Waals surface area contributed by atoms with Crippen molar-refractivity contribution in [3.63, 3.8) is 0 Å². The van der Waals surface area contributed by atoms with Crippen molar-refractivity contribution >= 4 is 28.1 Å². The molecule has 3 aromatic rings. The number of nitrogens with one attached hydrogen (secondary N) is 1. The summed E-state index contributed by atoms with van der Waals surface area (Å²) in [5.41, 5.74) is 3.70. The summed E-state index contributed by atoms with van der Waals surface area (Å²) in [4.78, 5) is 24.6. The Labute approximate surface area is 186 Å². The fourth-order valence-electron chi connectivity index (χ4n) is 4.47. The molecule has 4 N–H and O–H groups in total. The number of nitrogens with zero attached hydrogens (tertiary/aromatic N) is 1. The average Bonchev–Trinajstić information content (AvgIpc) is 2.76. The Morgan fingerprint density at radius 3 is 2.76 bits per heavy atom. The van der Waals surface area contributed by atoms with Crippen LogP contribution in [0.1, 0.15) is 42.0 Å². The van der Waals surface area contributed by atoms with Crippen molar-refractivity contribution in [3.05, 3.63) is 63.6 Å². The Morgan fingerprint density at radius 1 is 1.27 bits per heavy atom. The third-order valence-corrected chi connectivity index (χ3v) is 6.18. The van der Waals surface area contributed by atoms with Crippen molar-refractivity contribution in [1.29, 1.82) is 0 Å². The van der Waals surface area contributed by atoms with Crippen LogP contribution in [0.25, 0.3) is 10.8 Å². The van der Waals surface area contributed by atoms with Gasteiger partial charge in [0.05, 0.1) is 11.1 Å². The van der Waals surface area contributed by atoms with Crippen LogP contribution in [0.4, 0.5) is 24.5 Å². The molecule has 2 unspecified atom stereocenters. The highest BCUT2D eigenvalue weighted by Gasteiger charge is 2.60. The Kier molecular flexibility index (Phi) is 5.65. The largest absolute Gasteiger partial charge is 0.426 e. The van der Waals surface area contributed by atoms with Gasteiger partial charge in [0, 0.05) is 23.2 Å². The molecule has 1 heterocycles. The third-order valence-electron chi connectivity index (χ3n) is 6.18. The lowest BCUT2D eigenvalue weighted by atomic mass is 9.75. The van der Waals surface area contributed by atoms with Gasteiger partial charge in [-0.25, -0.2) is 4.79 Å². The van der Waals surface area contributed by atoms with E-state index in [1.54, 1.807) is 25.1 Å². The van der Waals surface area contributed by atoms with Gasteiger partial charge in [0.1, 0.15) is 0 Å². The minimum Gasteiger partial charge on any atom is -0.398 e. The van der Waals surface area contributed by atoms with E-state index in [1.807, 2.05) is 0 Å². The lowest BCUT2D eigenvalue weighted by Gasteiger charge is -2.35. The smallest absolute Gasteiger partial charge is 0.398 e. The number of benzene rings is 2. The molecule has 0 radical (unpaired) electrons. The highest BCUT2D eigenvalue weighted by atomic mass is 19.4. The number of carbonyl (C=O) groups is 1. The van der Waals surface area contributed by atoms with Gasteiger partial charge in [-0.15, -0.1) is 0 Å². The predicted octanol–water partition coefficient (Wildman–Crippen LogP) is 3.82. The molecule has 0 fully saturated rings. The SMILES string of the molecule is Cc1noc(=O)c2ccc(NC(=O)C(O)(CC3CCCc4cccc(N)c43)C(F)(F)F)cc12. The van der Waals surface area contributed by atoms with E-state index in [9.17, 15) is 27.9 Å². The van der Waals surface area contributed by atoms with Crippen LogP contribution in [0.5, 0.6) is 0 Å². The summed E-state index contributed by atoms with van der Waals surface area (Å²) in [6, 6.07) is 9.03. The number of nitrogen functional groups attached to an aromatic ring is 1. The number of hydrogen-bond donors (Lipinski definition) is 3. The standard InChI is InChI=1S/C23H22F3N3O4/c1-12-17-10-15(8-9-16(17)20(30)33-29-12)28-21(31)22(32,23(24,25)26)11-14-6-2-4-13-5-3-7-18(27)19(13)14/h3,5,7-10,14,32H,2,4,6,11,27H2,1H3,(H,28,31). The van der Waals surface area contributed by atoms with Crippen LogP contribution in [0.2, 0.25) is 0 Å². The monoisotopic (exact) mass is 461 g/mol. The van der Waals surface area contributed by atoms with Crippen molar-refractivity contribution in [2.24, 2.45) is 0 Å². The number of halogens is 3. The maximum Gasteiger partial charge on any atom is 0.426 e. The molecule has 1 aromatic heterocycles. The summed E-state index contributed by atoms with van der Waals surface area (Å²) in [7, 11) is 0. The maximum absolute atomic E-state index is 14.1. The Bertz CT molecular complexity index is 1290. The molecule has 2 aromatic carbocycles. The molecule has 2 atom stereocenters. The summed E-state index contributed by atoms with van der Waals surface area (Å²) >= 11 is 0. The topological polar surface area (TPSA) is 118 Å². The molecule has 0 saturated heterocycles. The first kappa shape index (κ1) is 22.8. The van der Waals surface area contributed by atoms with Gasteiger partial charge in [-0.3, -0.25) is 4.79 Å². The molecule has 10 heteroatoms. The third kappa shape index (κ3) is 4.06. The zero-order valence-electron chi connectivity index (χ0n) is 17.7. The van der Waals surface area contributed by atoms with Crippen LogP contribution < -0.4 is 16.7 Å². The van der Waals surface area contributed by atoms with Gasteiger partial charge < -0.3 is 20.7 Å². The quantitative estimate of drug-likeness (QED) is 0.509. The zero-order valence-corrected chi connectivity index (χ0v) is 17.7. The number of hydrogen-bond acceptors (Lipinski definition) is 6. The van der Waals surface area contributed by atoms with Gasteiger partial charge in [-0.05, 0) is 67.5 Å². The highest BCUT2D eigenvalue weighted by Crippen LogP contribution is 2.45. The molecule has 7 nitrogen and oxygen atoms in total. The molecule has 0 saturated carbocycles. The fourth-order valence-corrected chi connectivity index (χ4v) is 4.47. The summed E-state index contributed by atoms with van der Waals surface area (Å²) < 4.78 is 46.8. The number of rotatable bonds is 4. The first-order chi connectivity index (χ1) is 15.5. The van der Waals surface area contributed by atoms with E-state index in [1.165, 1.54) is 18.2 Å². The van der Waals surface area contributed by atoms with Crippen molar-refractivity contribution in [1.82, 2.24) is 5.16 Å². The molecular weight excluding hydrogens is 439 g/mol. The lowest BCUT2D eigenvalue weighted by molar-refractivity contribution is -0.252. The normalized spacial score (nSPS) is 17.9. The van der Waals surface area contributed by atoms with Crippen LogP contribution in [-0.2, 0) is 11.2 Å². The van der Waals surface area contributed by atoms with Crippen molar-refractivity contribution < 1.29 is 27.6 Å². The van der Waals surface area contributed by atoms with Gasteiger partial charge in [0.2, 0.25) is 5.60 Å². The highest BCUT2D eigenvalue weighted by molar-refractivity contribution is 5.99. The van der Waals surface area contributed by atoms with E-state index in [2.05, 4.69) is 15.0 Å². The Morgan fingerprint density at radius 2 is 2.03 bits per heavy atom. The van der Waals surface area contributed by atoms with Crippen molar-refractivity contribution in [2.75, 3.05) is 11.1 Å². The van der Waals surface area contributed by atoms with Crippen LogP contribution in [0.3, 0.4) is 0 Å². The maximum atomic E-state index is 14.1. The zero-order chi connectivity index (χ0) is 24.0. The van der Waals surface area contributed by atoms with Gasteiger partial charge in [-0.2, -0.15) is 13.2 Å². The second-order valence-electron chi connectivity index (χ2n) is 8.34. The van der Waals surface area contributed by atoms with Gasteiger partial charge in [-0.1, -0.05) is 17.3 Å². The molecule has 0 spiro atoms. The molecule has 4 rings (SSSR count). The van der Waals surface area contributed by atoms with Crippen molar-refractivity contribution in [2.45, 2.75) is 50.3 Å². The molecular formula is C23H22F3N3O4. The second-order valence-corrected chi connectivity index (χ2v) is 8.34. The van der Waals surface area contributed by atoms with Gasteiger partial charge in [0.15, 0.2) is 0 Å². The van der Waals surface area contributed by atoms with E-state index in [4.69, 9.17) is 5.73 Å². The van der Waals surface area contributed by atoms with Crippen LogP contribution in [0.15, 0.2) is 45.7 Å². The lowest BCUT2D eigenvalue weighted by Crippen LogP contribution is -2.55. The number of alkyl halides is 3. The first-order valence-corrected chi connectivity index (χ1v) is 10.4. The van der Waals surface area contributed by atoms with Crippen LogP contribution in [0, 0.1) is 6.92 Å². The van der Waals surface area contributed by atoms with Gasteiger partial charge in [0.25, 0.3) is 5.91 Å². The number of fused-ring (bicyclic) bond motifs is 2. The van der Waals surface area contributed by atoms with E-state index in [0.717, 1.165) is 5.56 Å². The molecule has 1 aliphatic carbocycles. The van der Waals surface area contributed by atoms with E-state index in [-0.39, 0.29) is 11.1 Å². The number of aliphatic hydroxyl groups is 1. The summed E-state index contributed by atoms with van der Waals surface area (Å²) in [5, 5.41) is 16.9. The average molecular weight is 461 g/mol. The minimum atomic E-state index is -5.23. The molecule has 0 bridgehead atoms. The number of amides is 1. The summed E-state index contributed by atoms with van der Waals surface area (Å²) in [5.74, 6) is -2.34. The Hall–Kier alpha value is -3.40. The first-order valence-electron chi connectivity index (χ1n) is 10.4. The minimum absolute atomic E-state index is 0.0192. The molecule has 174 valence electrons. The van der Waals surface area contributed by atoms with Crippen LogP contribution in [-0.4, -0.2) is 27.9 Å². The van der Waals surface area contributed by atoms with E-state index < -0.39 is 35.6 Å². The summed E-state index contributed by atoms with van der Waals surface area (Å²) in [6.07, 6.45) is -4.43. The van der Waals surface area contributed by atoms with Crippen molar-refractivity contribution in [3.8, 4) is 0 Å². The fraction of sp³-hybridized carbons (Fsp3) is 0.348. The molecule has 1 aliphatic rings. The summed E-state index contributed by atoms with van der Waals surface area (Å²) in [6.45, 7) is 1.55. The number of aromatic nitrogens is 1. The number of anilines is 2. The van der Waals surface area contributed by atoms with Crippen LogP contribution >= 0.6 is 0 Å².